The Morgan fingerprint density at radius 3 is 0.840 bits per heavy atom. The first kappa shape index (κ1) is 86.2. The Bertz CT molecular complexity index is 10400. The Labute approximate surface area is 859 Å². The second kappa shape index (κ2) is 35.8. The molecule has 0 spiro atoms. The molecule has 0 fully saturated rings. The first-order valence-electron chi connectivity index (χ1n) is 50.2. The average molecular weight is 1920 g/mol. The molecule has 0 unspecified atom stereocenters. The number of aromatic nitrogens is 12. The topological polar surface area (TPSA) is 170 Å². The number of rotatable bonds is 19. The maximum Gasteiger partial charge on any atom is 0.160 e. The minimum atomic E-state index is 0.563. The normalized spacial score (nSPS) is 11.7. The lowest BCUT2D eigenvalue weighted by atomic mass is 9.93. The monoisotopic (exact) mass is 1920 g/mol. The summed E-state index contributed by atoms with van der Waals surface area (Å²) in [7, 11) is 0. The van der Waals surface area contributed by atoms with Crippen molar-refractivity contribution in [3.8, 4) is 197 Å². The molecule has 0 radical (unpaired) electrons. The molecule has 700 valence electrons. The molecule has 0 atom stereocenters. The molecule has 9 aromatic heterocycles. The summed E-state index contributed by atoms with van der Waals surface area (Å²) in [5.41, 5.74) is 36.1. The maximum atomic E-state index is 7.46. The van der Waals surface area contributed by atoms with Gasteiger partial charge in [-0.2, -0.15) is 0 Å². The third-order valence-corrected chi connectivity index (χ3v) is 28.8. The third kappa shape index (κ3) is 15.1. The fourth-order valence-electron chi connectivity index (χ4n) is 21.7. The van der Waals surface area contributed by atoms with Crippen LogP contribution < -0.4 is 0 Å². The van der Waals surface area contributed by atoms with Gasteiger partial charge in [-0.05, 0) is 215 Å². The predicted octanol–water partition coefficient (Wildman–Crippen LogP) is 34.4. The summed E-state index contributed by atoms with van der Waals surface area (Å²) in [6, 6.07) is 173. The molecule has 150 heavy (non-hydrogen) atoms. The van der Waals surface area contributed by atoms with Crippen molar-refractivity contribution in [1.82, 2.24) is 58.6 Å². The lowest BCUT2D eigenvalue weighted by molar-refractivity contribution is 0.669. The van der Waals surface area contributed by atoms with Gasteiger partial charge in [0.1, 0.15) is 51.0 Å². The lowest BCUT2D eigenvalue weighted by Crippen LogP contribution is -1.97. The molecule has 0 amide bonds. The Balaban J connectivity index is 0.564. The van der Waals surface area contributed by atoms with Gasteiger partial charge in [-0.15, -0.1) is 0 Å². The zero-order valence-electron chi connectivity index (χ0n) is 80.4. The Kier molecular flexibility index (Phi) is 20.6. The van der Waals surface area contributed by atoms with Crippen molar-refractivity contribution in [2.24, 2.45) is 0 Å². The van der Waals surface area contributed by atoms with Crippen LogP contribution in [0.25, 0.3) is 296 Å². The van der Waals surface area contributed by atoms with Crippen LogP contribution in [0.4, 0.5) is 0 Å². The van der Waals surface area contributed by atoms with Gasteiger partial charge >= 0.3 is 0 Å². The van der Waals surface area contributed by atoms with Crippen molar-refractivity contribution in [2.45, 2.75) is 0 Å². The molecule has 9 heterocycles. The Hall–Kier alpha value is -20.5. The highest BCUT2D eigenvalue weighted by Gasteiger charge is 2.29. The average Bonchev–Trinajstić information content (AvgIpc) is 1.56. The summed E-state index contributed by atoms with van der Waals surface area (Å²) in [4.78, 5) is 49.1. The van der Waals surface area contributed by atoms with Gasteiger partial charge in [0.25, 0.3) is 0 Å². The molecule has 0 saturated carbocycles. The van der Waals surface area contributed by atoms with Gasteiger partial charge < -0.3 is 13.3 Å². The summed E-state index contributed by atoms with van der Waals surface area (Å²) in [5, 5.41) is 5.45. The van der Waals surface area contributed by atoms with Crippen molar-refractivity contribution >= 4 is 98.9 Å². The highest BCUT2D eigenvalue weighted by molar-refractivity contribution is 6.20. The van der Waals surface area contributed by atoms with E-state index in [-0.39, 0.29) is 0 Å². The van der Waals surface area contributed by atoms with Crippen LogP contribution in [0.5, 0.6) is 0 Å². The van der Waals surface area contributed by atoms with Gasteiger partial charge in [0, 0.05) is 127 Å². The van der Waals surface area contributed by atoms with Gasteiger partial charge in [0.05, 0.1) is 67.3 Å². The number of fused-ring (bicyclic) bond motifs is 12. The van der Waals surface area contributed by atoms with Crippen molar-refractivity contribution in [2.75, 3.05) is 0 Å². The van der Waals surface area contributed by atoms with E-state index in [1.54, 1.807) is 0 Å². The summed E-state index contributed by atoms with van der Waals surface area (Å²) >= 11 is 0. The molecule has 15 heteroatoms. The molecule has 0 aliphatic heterocycles. The second-order valence-corrected chi connectivity index (χ2v) is 37.8. The predicted molar refractivity (Wildman–Crippen MR) is 606 cm³/mol. The quantitative estimate of drug-likeness (QED) is 0.0752. The van der Waals surface area contributed by atoms with Gasteiger partial charge in [-0.1, -0.05) is 315 Å². The number of nitrogens with zero attached hydrogens (tertiary/aromatic N) is 12. The molecule has 0 N–H and O–H groups in total. The van der Waals surface area contributed by atoms with E-state index in [0.29, 0.717) is 34.3 Å². The molecule has 0 aliphatic carbocycles. The van der Waals surface area contributed by atoms with Crippen LogP contribution >= 0.6 is 0 Å². The SMILES string of the molecule is c1ccc(-c2cccc(-c3cc(-c4ccc(-c5cccc(-c6ccc(-c7cc(-c8ccc(-c9cccc(-c%10cc(-c%11cccc%12oc%13ccc(-c%14nc%15ccccc%15n%14-c%14ccccc%14)cc%13c%11%12)nc(-c%11ccccc%11)n%10)c9)c9oc%10ccc(-c%11nc%12ccccc%12n%11-c%11ccccc%11)cc%10c89)nc(-c8ccccc8)n7)cc6)c5)c5oc6ccc(-c7nc8ccccc8n7-c7ccccc7)cc6c45)nc(-c4ccccc4)n3)c2)cc1. The van der Waals surface area contributed by atoms with Crippen molar-refractivity contribution < 1.29 is 13.3 Å². The van der Waals surface area contributed by atoms with Gasteiger partial charge in [-0.3, -0.25) is 13.7 Å². The van der Waals surface area contributed by atoms with E-state index >= 15 is 0 Å². The summed E-state index contributed by atoms with van der Waals surface area (Å²) in [6.45, 7) is 0. The molecular weight excluding hydrogens is 1840 g/mol. The van der Waals surface area contributed by atoms with Crippen molar-refractivity contribution in [1.29, 1.82) is 0 Å². The van der Waals surface area contributed by atoms with Crippen LogP contribution in [-0.2, 0) is 0 Å². The first-order chi connectivity index (χ1) is 74.3. The van der Waals surface area contributed by atoms with Crippen molar-refractivity contribution in [3.05, 3.63) is 497 Å². The number of para-hydroxylation sites is 9. The number of hydrogen-bond acceptors (Lipinski definition) is 12. The fourth-order valence-corrected chi connectivity index (χ4v) is 21.7. The van der Waals surface area contributed by atoms with E-state index in [9.17, 15) is 0 Å². The number of hydrogen-bond donors (Lipinski definition) is 0. The number of benzene rings is 20. The van der Waals surface area contributed by atoms with E-state index in [1.807, 2.05) is 109 Å². The first-order valence-corrected chi connectivity index (χ1v) is 50.2. The Morgan fingerprint density at radius 1 is 0.153 bits per heavy atom. The molecule has 29 rings (SSSR count). The minimum Gasteiger partial charge on any atom is -0.456 e. The van der Waals surface area contributed by atoms with Crippen LogP contribution in [0.2, 0.25) is 0 Å². The largest absolute Gasteiger partial charge is 0.456 e. The van der Waals surface area contributed by atoms with E-state index in [2.05, 4.69) is 402 Å². The molecule has 20 aromatic carbocycles. The van der Waals surface area contributed by atoms with Crippen LogP contribution in [-0.4, -0.2) is 58.6 Å². The molecular formula is C135H82N12O3. The van der Waals surface area contributed by atoms with E-state index < -0.39 is 0 Å². The fraction of sp³-hybridized carbons (Fsp3) is 0. The molecule has 0 bridgehead atoms. The standard InChI is InChI=1S/C135H82N12O3/c1-8-32-83(33-9-1)90-41-29-44-93(75-90)113-82-117(141-132(137-113)88-38-14-4-15-39-88)105-69-67-101(128-127(105)108-79-97(65-72-122(108)149-128)135-144-111-55-24-27-58-120(111)147(135)100-50-20-7-21-51-100)91-42-28-40-89(74-91)84-60-62-85(63-61-84)112-80-116(140-130(136-112)86-34-10-2-11-35-86)104-70-68-102(129-126(104)107-78-96(66-73-123(107)150-129)134-143-110-54-23-26-57-119(110)146(134)99-48-18-6-19-49-99)92-43-30-45-94(76-92)114-81-115(139-131(138-114)87-36-12-3-13-37-87)103-52-31-59-124-125(103)106-77-95(64-71-121(106)148-124)133-142-109-53-22-25-56-118(109)145(133)98-46-16-5-17-47-98/h1-82H. The van der Waals surface area contributed by atoms with Crippen molar-refractivity contribution in [3.63, 3.8) is 0 Å². The molecule has 29 aromatic rings. The van der Waals surface area contributed by atoms with Crippen LogP contribution in [0.3, 0.4) is 0 Å². The second-order valence-electron chi connectivity index (χ2n) is 37.8. The van der Waals surface area contributed by atoms with Crippen LogP contribution in [0.1, 0.15) is 0 Å². The summed E-state index contributed by atoms with van der Waals surface area (Å²) < 4.78 is 28.3. The zero-order valence-corrected chi connectivity index (χ0v) is 80.4. The molecule has 0 saturated heterocycles. The maximum absolute atomic E-state index is 7.46. The highest BCUT2D eigenvalue weighted by atomic mass is 16.3. The molecule has 15 nitrogen and oxygen atoms in total. The van der Waals surface area contributed by atoms with Crippen LogP contribution in [0, 0.1) is 0 Å². The van der Waals surface area contributed by atoms with Crippen LogP contribution in [0.15, 0.2) is 511 Å². The lowest BCUT2D eigenvalue weighted by Gasteiger charge is -2.13. The van der Waals surface area contributed by atoms with E-state index in [4.69, 9.17) is 58.1 Å². The smallest absolute Gasteiger partial charge is 0.160 e. The number of imidazole rings is 3. The highest BCUT2D eigenvalue weighted by Crippen LogP contribution is 2.50. The summed E-state index contributed by atoms with van der Waals surface area (Å²) in [5.74, 6) is 4.16. The summed E-state index contributed by atoms with van der Waals surface area (Å²) in [6.07, 6.45) is 0. The van der Waals surface area contributed by atoms with Gasteiger partial charge in [-0.25, -0.2) is 44.9 Å². The third-order valence-electron chi connectivity index (χ3n) is 28.8. The van der Waals surface area contributed by atoms with E-state index in [1.165, 1.54) is 0 Å². The molecule has 0 aliphatic rings. The van der Waals surface area contributed by atoms with Gasteiger partial charge in [0.15, 0.2) is 17.5 Å². The van der Waals surface area contributed by atoms with Gasteiger partial charge in [0.2, 0.25) is 0 Å². The van der Waals surface area contributed by atoms with E-state index in [0.717, 1.165) is 262 Å². The zero-order chi connectivity index (χ0) is 98.8. The number of furan rings is 3. The minimum absolute atomic E-state index is 0.563. The Morgan fingerprint density at radius 2 is 0.433 bits per heavy atom.